The molecule has 0 aromatic heterocycles. The van der Waals surface area contributed by atoms with Crippen molar-refractivity contribution in [2.24, 2.45) is 0 Å². The second-order valence-corrected chi connectivity index (χ2v) is 6.58. The van der Waals surface area contributed by atoms with E-state index in [0.717, 1.165) is 49.4 Å². The molecule has 2 aliphatic rings. The van der Waals surface area contributed by atoms with Crippen LogP contribution in [0, 0.1) is 0 Å². The molecule has 2 fully saturated rings. The Kier molecular flexibility index (Phi) is 4.81. The van der Waals surface area contributed by atoms with Crippen molar-refractivity contribution < 1.29 is 4.79 Å². The lowest BCUT2D eigenvalue weighted by Gasteiger charge is -2.26. The summed E-state index contributed by atoms with van der Waals surface area (Å²) in [6.45, 7) is 1.96. The Balaban J connectivity index is 1.62. The quantitative estimate of drug-likeness (QED) is 0.927. The van der Waals surface area contributed by atoms with Crippen LogP contribution in [0.3, 0.4) is 0 Å². The Morgan fingerprint density at radius 3 is 2.90 bits per heavy atom. The highest BCUT2D eigenvalue weighted by atomic mass is 35.5. The molecule has 2 atom stereocenters. The van der Waals surface area contributed by atoms with Gasteiger partial charge in [0.15, 0.2) is 0 Å². The van der Waals surface area contributed by atoms with Crippen LogP contribution in [0.1, 0.15) is 37.7 Å². The minimum Gasteiger partial charge on any atom is -0.339 e. The number of nitrogens with zero attached hydrogens (tertiary/aromatic N) is 1. The van der Waals surface area contributed by atoms with E-state index in [1.54, 1.807) is 0 Å². The van der Waals surface area contributed by atoms with Gasteiger partial charge in [-0.25, -0.2) is 0 Å². The van der Waals surface area contributed by atoms with Crippen molar-refractivity contribution in [1.29, 1.82) is 0 Å². The minimum absolute atomic E-state index is 0.309. The van der Waals surface area contributed by atoms with E-state index >= 15 is 0 Å². The lowest BCUT2D eigenvalue weighted by molar-refractivity contribution is -0.132. The summed E-state index contributed by atoms with van der Waals surface area (Å²) in [5, 5.41) is 4.23. The predicted molar refractivity (Wildman–Crippen MR) is 85.5 cm³/mol. The van der Waals surface area contributed by atoms with E-state index in [1.165, 1.54) is 6.42 Å². The molecule has 1 aromatic carbocycles. The van der Waals surface area contributed by atoms with Crippen LogP contribution in [0.2, 0.25) is 5.02 Å². The Labute approximate surface area is 131 Å². The number of benzene rings is 1. The van der Waals surface area contributed by atoms with Crippen LogP contribution in [-0.4, -0.2) is 36.0 Å². The number of carbonyl (C=O) groups is 1. The lowest BCUT2D eigenvalue weighted by Crippen LogP contribution is -2.39. The summed E-state index contributed by atoms with van der Waals surface area (Å²) in [5.74, 6) is 0.309. The first-order valence-electron chi connectivity index (χ1n) is 8.00. The van der Waals surface area contributed by atoms with E-state index in [4.69, 9.17) is 11.6 Å². The third-order valence-corrected chi connectivity index (χ3v) is 5.06. The Hall–Kier alpha value is -1.06. The smallest absolute Gasteiger partial charge is 0.224 e. The largest absolute Gasteiger partial charge is 0.339 e. The number of carbonyl (C=O) groups excluding carboxylic acids is 1. The number of rotatable bonds is 4. The summed E-state index contributed by atoms with van der Waals surface area (Å²) in [5.41, 5.74) is 1.16. The average Bonchev–Trinajstić information content (AvgIpc) is 3.12. The number of hydrogen-bond acceptors (Lipinski definition) is 2. The van der Waals surface area contributed by atoms with Crippen molar-refractivity contribution in [3.8, 4) is 0 Å². The van der Waals surface area contributed by atoms with Crippen molar-refractivity contribution in [3.63, 3.8) is 0 Å². The third-order valence-electron chi connectivity index (χ3n) is 4.69. The topological polar surface area (TPSA) is 32.3 Å². The zero-order valence-corrected chi connectivity index (χ0v) is 13.1. The van der Waals surface area contributed by atoms with Gasteiger partial charge in [0, 0.05) is 30.1 Å². The van der Waals surface area contributed by atoms with Crippen molar-refractivity contribution in [1.82, 2.24) is 10.2 Å². The van der Waals surface area contributed by atoms with E-state index in [9.17, 15) is 4.79 Å². The maximum absolute atomic E-state index is 12.5. The molecule has 114 valence electrons. The summed E-state index contributed by atoms with van der Waals surface area (Å²) in [6.07, 6.45) is 6.06. The second kappa shape index (κ2) is 6.80. The summed E-state index contributed by atoms with van der Waals surface area (Å²) in [7, 11) is 0. The standard InChI is InChI=1S/C17H23ClN2O/c18-16-8-2-1-5-13(16)11-15-7-4-10-20(15)17(21)12-14-6-3-9-19-14/h1-2,5,8,14-15,19H,3-4,6-7,9-12H2. The molecule has 0 bridgehead atoms. The summed E-state index contributed by atoms with van der Waals surface area (Å²) in [4.78, 5) is 14.6. The molecule has 0 radical (unpaired) electrons. The molecule has 2 aliphatic heterocycles. The first kappa shape index (κ1) is 14.9. The number of amides is 1. The first-order chi connectivity index (χ1) is 10.2. The van der Waals surface area contributed by atoms with Gasteiger partial charge in [-0.1, -0.05) is 29.8 Å². The Bertz CT molecular complexity index is 499. The van der Waals surface area contributed by atoms with Gasteiger partial charge in [0.25, 0.3) is 0 Å². The maximum Gasteiger partial charge on any atom is 0.224 e. The van der Waals surface area contributed by atoms with E-state index < -0.39 is 0 Å². The molecule has 1 aromatic rings. The van der Waals surface area contributed by atoms with Crippen LogP contribution < -0.4 is 5.32 Å². The SMILES string of the molecule is O=C(CC1CCCN1)N1CCCC1Cc1ccccc1Cl. The number of nitrogens with one attached hydrogen (secondary N) is 1. The molecule has 1 amide bonds. The van der Waals surface area contributed by atoms with E-state index in [-0.39, 0.29) is 0 Å². The normalized spacial score (nSPS) is 25.5. The fourth-order valence-corrected chi connectivity index (χ4v) is 3.77. The van der Waals surface area contributed by atoms with E-state index in [1.807, 2.05) is 18.2 Å². The fraction of sp³-hybridized carbons (Fsp3) is 0.588. The van der Waals surface area contributed by atoms with Crippen LogP contribution in [0.5, 0.6) is 0 Å². The van der Waals surface area contributed by atoms with Gasteiger partial charge in [-0.15, -0.1) is 0 Å². The van der Waals surface area contributed by atoms with Gasteiger partial charge in [0.1, 0.15) is 0 Å². The fourth-order valence-electron chi connectivity index (χ4n) is 3.55. The third kappa shape index (κ3) is 3.58. The zero-order chi connectivity index (χ0) is 14.7. The Morgan fingerprint density at radius 1 is 1.29 bits per heavy atom. The van der Waals surface area contributed by atoms with Crippen molar-refractivity contribution >= 4 is 17.5 Å². The van der Waals surface area contributed by atoms with E-state index in [2.05, 4.69) is 16.3 Å². The van der Waals surface area contributed by atoms with Crippen LogP contribution in [0.25, 0.3) is 0 Å². The minimum atomic E-state index is 0.309. The molecule has 0 spiro atoms. The molecule has 2 unspecified atom stereocenters. The number of hydrogen-bond donors (Lipinski definition) is 1. The molecular weight excluding hydrogens is 284 g/mol. The van der Waals surface area contributed by atoms with Crippen molar-refractivity contribution in [2.75, 3.05) is 13.1 Å². The predicted octanol–water partition coefficient (Wildman–Crippen LogP) is 3.02. The molecule has 2 saturated heterocycles. The van der Waals surface area contributed by atoms with Crippen LogP contribution >= 0.6 is 11.6 Å². The summed E-state index contributed by atoms with van der Waals surface area (Å²) in [6, 6.07) is 8.68. The molecule has 3 nitrogen and oxygen atoms in total. The van der Waals surface area contributed by atoms with Crippen LogP contribution in [0.4, 0.5) is 0 Å². The number of likely N-dealkylation sites (tertiary alicyclic amines) is 1. The molecule has 0 aliphatic carbocycles. The molecule has 2 heterocycles. The Morgan fingerprint density at radius 2 is 2.14 bits per heavy atom. The molecule has 0 saturated carbocycles. The monoisotopic (exact) mass is 306 g/mol. The first-order valence-corrected chi connectivity index (χ1v) is 8.38. The van der Waals surface area contributed by atoms with Crippen molar-refractivity contribution in [3.05, 3.63) is 34.9 Å². The molecular formula is C17H23ClN2O. The van der Waals surface area contributed by atoms with Gasteiger partial charge in [0.2, 0.25) is 5.91 Å². The van der Waals surface area contributed by atoms with Crippen molar-refractivity contribution in [2.45, 2.75) is 50.6 Å². The zero-order valence-electron chi connectivity index (χ0n) is 12.4. The van der Waals surface area contributed by atoms with Gasteiger partial charge in [-0.05, 0) is 50.3 Å². The second-order valence-electron chi connectivity index (χ2n) is 6.18. The van der Waals surface area contributed by atoms with Gasteiger partial charge < -0.3 is 10.2 Å². The summed E-state index contributed by atoms with van der Waals surface area (Å²) >= 11 is 6.25. The van der Waals surface area contributed by atoms with Gasteiger partial charge >= 0.3 is 0 Å². The molecule has 1 N–H and O–H groups in total. The van der Waals surface area contributed by atoms with Gasteiger partial charge in [-0.3, -0.25) is 4.79 Å². The maximum atomic E-state index is 12.5. The van der Waals surface area contributed by atoms with Crippen LogP contribution in [-0.2, 0) is 11.2 Å². The molecule has 3 rings (SSSR count). The highest BCUT2D eigenvalue weighted by Gasteiger charge is 2.30. The van der Waals surface area contributed by atoms with Gasteiger partial charge in [-0.2, -0.15) is 0 Å². The highest BCUT2D eigenvalue weighted by molar-refractivity contribution is 6.31. The highest BCUT2D eigenvalue weighted by Crippen LogP contribution is 2.26. The lowest BCUT2D eigenvalue weighted by atomic mass is 10.0. The average molecular weight is 307 g/mol. The van der Waals surface area contributed by atoms with Crippen LogP contribution in [0.15, 0.2) is 24.3 Å². The number of halogens is 1. The molecule has 4 heteroatoms. The summed E-state index contributed by atoms with van der Waals surface area (Å²) < 4.78 is 0. The van der Waals surface area contributed by atoms with Gasteiger partial charge in [0.05, 0.1) is 0 Å². The molecule has 21 heavy (non-hydrogen) atoms. The van der Waals surface area contributed by atoms with E-state index in [0.29, 0.717) is 24.4 Å².